The number of sulfone groups is 1. The van der Waals surface area contributed by atoms with Crippen molar-refractivity contribution in [2.45, 2.75) is 16.7 Å². The summed E-state index contributed by atoms with van der Waals surface area (Å²) in [6.07, 6.45) is 3.06. The first-order valence-corrected chi connectivity index (χ1v) is 10.2. The van der Waals surface area contributed by atoms with Crippen LogP contribution in [0.4, 0.5) is 5.69 Å². The predicted octanol–water partition coefficient (Wildman–Crippen LogP) is 4.03. The Morgan fingerprint density at radius 2 is 1.87 bits per heavy atom. The van der Waals surface area contributed by atoms with Gasteiger partial charge in [-0.15, -0.1) is 11.8 Å². The van der Waals surface area contributed by atoms with E-state index in [2.05, 4.69) is 5.32 Å². The molecule has 0 saturated carbocycles. The van der Waals surface area contributed by atoms with Crippen molar-refractivity contribution in [2.24, 2.45) is 0 Å². The van der Waals surface area contributed by atoms with Crippen molar-refractivity contribution in [1.82, 2.24) is 0 Å². The van der Waals surface area contributed by atoms with E-state index in [4.69, 9.17) is 11.6 Å². The molecule has 0 aliphatic rings. The zero-order valence-electron chi connectivity index (χ0n) is 12.9. The number of carbonyl (C=O) groups excluding carboxylic acids is 1. The number of carbonyl (C=O) groups is 1. The predicted molar refractivity (Wildman–Crippen MR) is 95.5 cm³/mol. The maximum absolute atomic E-state index is 12.4. The molecule has 4 nitrogen and oxygen atoms in total. The lowest BCUT2D eigenvalue weighted by Crippen LogP contribution is -2.13. The zero-order chi connectivity index (χ0) is 17.2. The molecule has 1 amide bonds. The van der Waals surface area contributed by atoms with Gasteiger partial charge in [0.2, 0.25) is 0 Å². The highest BCUT2D eigenvalue weighted by Crippen LogP contribution is 2.25. The van der Waals surface area contributed by atoms with Gasteiger partial charge in [0.25, 0.3) is 5.91 Å². The van der Waals surface area contributed by atoms with Gasteiger partial charge in [-0.25, -0.2) is 8.42 Å². The van der Waals surface area contributed by atoms with Crippen molar-refractivity contribution in [3.8, 4) is 0 Å². The zero-order valence-corrected chi connectivity index (χ0v) is 15.3. The topological polar surface area (TPSA) is 63.2 Å². The maximum Gasteiger partial charge on any atom is 0.257 e. The number of hydrogen-bond donors (Lipinski definition) is 1. The second-order valence-electron chi connectivity index (χ2n) is 5.05. The van der Waals surface area contributed by atoms with Crippen LogP contribution in [0.1, 0.15) is 15.9 Å². The third-order valence-corrected chi connectivity index (χ3v) is 5.46. The summed E-state index contributed by atoms with van der Waals surface area (Å²) < 4.78 is 23.1. The molecule has 0 atom stereocenters. The summed E-state index contributed by atoms with van der Waals surface area (Å²) in [6.45, 7) is 1.74. The Kier molecular flexibility index (Phi) is 5.39. The monoisotopic (exact) mass is 369 g/mol. The molecule has 0 spiro atoms. The molecule has 0 aromatic heterocycles. The van der Waals surface area contributed by atoms with Crippen LogP contribution in [0.15, 0.2) is 46.2 Å². The lowest BCUT2D eigenvalue weighted by atomic mass is 10.1. The second-order valence-corrected chi connectivity index (χ2v) is 8.35. The van der Waals surface area contributed by atoms with Gasteiger partial charge in [-0.05, 0) is 55.1 Å². The summed E-state index contributed by atoms with van der Waals surface area (Å²) in [5, 5.41) is 3.14. The van der Waals surface area contributed by atoms with Gasteiger partial charge in [0.05, 0.1) is 15.5 Å². The van der Waals surface area contributed by atoms with E-state index in [1.165, 1.54) is 23.9 Å². The SMILES string of the molecule is CSc1ccc(Cl)c(C(=O)Nc2ccc(S(C)(=O)=O)cc2C)c1. The summed E-state index contributed by atoms with van der Waals surface area (Å²) >= 11 is 7.61. The van der Waals surface area contributed by atoms with Gasteiger partial charge in [-0.3, -0.25) is 4.79 Å². The van der Waals surface area contributed by atoms with Crippen molar-refractivity contribution in [1.29, 1.82) is 0 Å². The Bertz CT molecular complexity index is 864. The Labute approximate surface area is 145 Å². The number of halogens is 1. The Hall–Kier alpha value is -1.50. The fourth-order valence-electron chi connectivity index (χ4n) is 2.00. The first kappa shape index (κ1) is 17.8. The van der Waals surface area contributed by atoms with Gasteiger partial charge in [0.1, 0.15) is 0 Å². The molecule has 2 aromatic rings. The number of thioether (sulfide) groups is 1. The molecule has 0 heterocycles. The third-order valence-electron chi connectivity index (χ3n) is 3.29. The molecule has 1 N–H and O–H groups in total. The minimum absolute atomic E-state index is 0.218. The number of benzene rings is 2. The Morgan fingerprint density at radius 1 is 1.17 bits per heavy atom. The van der Waals surface area contributed by atoms with Crippen LogP contribution in [0.3, 0.4) is 0 Å². The van der Waals surface area contributed by atoms with E-state index in [9.17, 15) is 13.2 Å². The molecule has 0 bridgehead atoms. The summed E-state index contributed by atoms with van der Waals surface area (Å²) in [7, 11) is -3.28. The molecule has 0 fully saturated rings. The van der Waals surface area contributed by atoms with Crippen LogP contribution in [-0.4, -0.2) is 26.8 Å². The first-order chi connectivity index (χ1) is 10.7. The molecule has 23 heavy (non-hydrogen) atoms. The van der Waals surface area contributed by atoms with Crippen LogP contribution in [0.25, 0.3) is 0 Å². The van der Waals surface area contributed by atoms with Crippen molar-refractivity contribution < 1.29 is 13.2 Å². The van der Waals surface area contributed by atoms with Crippen molar-refractivity contribution in [3.05, 3.63) is 52.5 Å². The fourth-order valence-corrected chi connectivity index (χ4v) is 3.35. The molecule has 2 rings (SSSR count). The normalized spacial score (nSPS) is 11.3. The molecule has 0 radical (unpaired) electrons. The average Bonchev–Trinajstić information content (AvgIpc) is 2.48. The summed E-state index contributed by atoms with van der Waals surface area (Å²) in [5.41, 5.74) is 1.59. The fraction of sp³-hybridized carbons (Fsp3) is 0.188. The van der Waals surface area contributed by atoms with E-state index in [1.54, 1.807) is 25.1 Å². The van der Waals surface area contributed by atoms with Crippen LogP contribution >= 0.6 is 23.4 Å². The van der Waals surface area contributed by atoms with E-state index >= 15 is 0 Å². The molecular weight excluding hydrogens is 354 g/mol. The van der Waals surface area contributed by atoms with Crippen LogP contribution in [0.5, 0.6) is 0 Å². The number of anilines is 1. The smallest absolute Gasteiger partial charge is 0.257 e. The lowest BCUT2D eigenvalue weighted by molar-refractivity contribution is 0.102. The Balaban J connectivity index is 2.31. The van der Waals surface area contributed by atoms with E-state index in [0.717, 1.165) is 11.2 Å². The van der Waals surface area contributed by atoms with Gasteiger partial charge < -0.3 is 5.32 Å². The summed E-state index contributed by atoms with van der Waals surface area (Å²) in [6, 6.07) is 9.83. The molecule has 0 saturated heterocycles. The Morgan fingerprint density at radius 3 is 2.43 bits per heavy atom. The minimum atomic E-state index is -3.28. The van der Waals surface area contributed by atoms with E-state index in [0.29, 0.717) is 21.8 Å². The molecular formula is C16H16ClNO3S2. The third kappa shape index (κ3) is 4.28. The number of hydrogen-bond acceptors (Lipinski definition) is 4. The first-order valence-electron chi connectivity index (χ1n) is 6.68. The van der Waals surface area contributed by atoms with E-state index in [1.807, 2.05) is 12.3 Å². The highest BCUT2D eigenvalue weighted by molar-refractivity contribution is 7.98. The second kappa shape index (κ2) is 6.95. The van der Waals surface area contributed by atoms with Crippen LogP contribution < -0.4 is 5.32 Å². The van der Waals surface area contributed by atoms with E-state index < -0.39 is 9.84 Å². The molecule has 0 aliphatic heterocycles. The van der Waals surface area contributed by atoms with Gasteiger partial charge in [0, 0.05) is 16.8 Å². The van der Waals surface area contributed by atoms with Gasteiger partial charge in [0.15, 0.2) is 9.84 Å². The molecule has 7 heteroatoms. The molecule has 2 aromatic carbocycles. The summed E-state index contributed by atoms with van der Waals surface area (Å²) in [4.78, 5) is 13.6. The average molecular weight is 370 g/mol. The number of nitrogens with one attached hydrogen (secondary N) is 1. The van der Waals surface area contributed by atoms with Gasteiger partial charge >= 0.3 is 0 Å². The quantitative estimate of drug-likeness (QED) is 0.826. The lowest BCUT2D eigenvalue weighted by Gasteiger charge is -2.11. The number of aryl methyl sites for hydroxylation is 1. The van der Waals surface area contributed by atoms with E-state index in [-0.39, 0.29) is 10.8 Å². The van der Waals surface area contributed by atoms with Gasteiger partial charge in [-0.2, -0.15) is 0 Å². The van der Waals surface area contributed by atoms with Crippen LogP contribution in [-0.2, 0) is 9.84 Å². The number of amides is 1. The van der Waals surface area contributed by atoms with Crippen molar-refractivity contribution in [2.75, 3.05) is 17.8 Å². The molecule has 0 aliphatic carbocycles. The highest BCUT2D eigenvalue weighted by atomic mass is 35.5. The van der Waals surface area contributed by atoms with Crippen molar-refractivity contribution >= 4 is 44.8 Å². The molecule has 0 unspecified atom stereocenters. The van der Waals surface area contributed by atoms with Crippen LogP contribution in [0.2, 0.25) is 5.02 Å². The maximum atomic E-state index is 12.4. The number of rotatable bonds is 4. The highest BCUT2D eigenvalue weighted by Gasteiger charge is 2.14. The van der Waals surface area contributed by atoms with Crippen molar-refractivity contribution in [3.63, 3.8) is 0 Å². The van der Waals surface area contributed by atoms with Crippen LogP contribution in [0, 0.1) is 6.92 Å². The molecule has 122 valence electrons. The summed E-state index contributed by atoms with van der Waals surface area (Å²) in [5.74, 6) is -0.332. The minimum Gasteiger partial charge on any atom is -0.322 e. The standard InChI is InChI=1S/C16H16ClNO3S2/c1-10-8-12(23(3,20)21)5-7-15(10)18-16(19)13-9-11(22-2)4-6-14(13)17/h4-9H,1-3H3,(H,18,19). The largest absolute Gasteiger partial charge is 0.322 e. The van der Waals surface area contributed by atoms with Gasteiger partial charge in [-0.1, -0.05) is 11.6 Å².